The van der Waals surface area contributed by atoms with Crippen LogP contribution < -0.4 is 10.9 Å². The predicted molar refractivity (Wildman–Crippen MR) is 125 cm³/mol. The number of hydrogen-bond donors (Lipinski definition) is 2. The summed E-state index contributed by atoms with van der Waals surface area (Å²) in [6.45, 7) is 1.96. The zero-order valence-electron chi connectivity index (χ0n) is 16.4. The van der Waals surface area contributed by atoms with Gasteiger partial charge in [-0.3, -0.25) is 9.59 Å². The Labute approximate surface area is 182 Å². The van der Waals surface area contributed by atoms with E-state index in [-0.39, 0.29) is 17.5 Å². The molecule has 30 heavy (non-hydrogen) atoms. The number of aromatic amines is 1. The van der Waals surface area contributed by atoms with Crippen LogP contribution in [0.2, 0.25) is 0 Å². The third-order valence-electron chi connectivity index (χ3n) is 4.73. The van der Waals surface area contributed by atoms with E-state index in [0.717, 1.165) is 21.5 Å². The fraction of sp³-hybridized carbons (Fsp3) is 0.174. The van der Waals surface area contributed by atoms with E-state index in [1.807, 2.05) is 73.0 Å². The molecule has 2 heterocycles. The maximum absolute atomic E-state index is 12.7. The molecule has 0 fully saturated rings. The Balaban J connectivity index is 1.39. The second-order valence-electron chi connectivity index (χ2n) is 6.90. The molecule has 5 nitrogen and oxygen atoms in total. The highest BCUT2D eigenvalue weighted by molar-refractivity contribution is 7.99. The molecule has 4 aromatic rings. The van der Waals surface area contributed by atoms with E-state index in [1.165, 1.54) is 23.1 Å². The zero-order chi connectivity index (χ0) is 20.9. The van der Waals surface area contributed by atoms with Gasteiger partial charge in [-0.2, -0.15) is 0 Å². The minimum atomic E-state index is -0.141. The molecule has 0 aliphatic heterocycles. The van der Waals surface area contributed by atoms with Crippen molar-refractivity contribution in [1.82, 2.24) is 15.3 Å². The quantitative estimate of drug-likeness (QED) is 0.439. The first-order valence-corrected chi connectivity index (χ1v) is 11.6. The predicted octanol–water partition coefficient (Wildman–Crippen LogP) is 4.76. The third kappa shape index (κ3) is 4.63. The Morgan fingerprint density at radius 1 is 1.13 bits per heavy atom. The lowest BCUT2D eigenvalue weighted by molar-refractivity contribution is -0.119. The molecular formula is C23H21N3O2S2. The van der Waals surface area contributed by atoms with E-state index in [9.17, 15) is 9.59 Å². The number of carbonyl (C=O) groups is 1. The van der Waals surface area contributed by atoms with Crippen molar-refractivity contribution >= 4 is 39.2 Å². The molecule has 0 aliphatic rings. The highest BCUT2D eigenvalue weighted by Crippen LogP contribution is 2.30. The lowest BCUT2D eigenvalue weighted by atomic mass is 10.1. The van der Waals surface area contributed by atoms with Crippen molar-refractivity contribution in [2.75, 3.05) is 5.75 Å². The average molecular weight is 436 g/mol. The van der Waals surface area contributed by atoms with Crippen LogP contribution in [0.15, 0.2) is 70.8 Å². The number of carbonyl (C=O) groups excluding carboxylic acids is 1. The number of H-pyrrole nitrogens is 1. The number of benzene rings is 2. The molecule has 152 valence electrons. The number of aromatic nitrogens is 2. The van der Waals surface area contributed by atoms with Gasteiger partial charge >= 0.3 is 0 Å². The number of nitrogens with one attached hydrogen (secondary N) is 2. The number of thioether (sulfide) groups is 1. The summed E-state index contributed by atoms with van der Waals surface area (Å²) < 4.78 is 0. The van der Waals surface area contributed by atoms with E-state index in [2.05, 4.69) is 15.3 Å². The summed E-state index contributed by atoms with van der Waals surface area (Å²) in [5, 5.41) is 5.58. The van der Waals surface area contributed by atoms with Crippen molar-refractivity contribution in [2.45, 2.75) is 18.7 Å². The fourth-order valence-corrected chi connectivity index (χ4v) is 4.91. The smallest absolute Gasteiger partial charge is 0.260 e. The monoisotopic (exact) mass is 435 g/mol. The molecule has 0 spiro atoms. The van der Waals surface area contributed by atoms with Crippen LogP contribution in [-0.4, -0.2) is 21.6 Å². The summed E-state index contributed by atoms with van der Waals surface area (Å²) >= 11 is 2.90. The van der Waals surface area contributed by atoms with Gasteiger partial charge in [-0.05, 0) is 18.1 Å². The summed E-state index contributed by atoms with van der Waals surface area (Å²) in [6.07, 6.45) is 0. The first kappa shape index (κ1) is 20.4. The molecule has 2 N–H and O–H groups in total. The molecule has 0 radical (unpaired) electrons. The van der Waals surface area contributed by atoms with Crippen molar-refractivity contribution in [1.29, 1.82) is 0 Å². The summed E-state index contributed by atoms with van der Waals surface area (Å²) in [5.74, 6) is 1.32. The molecule has 2 aromatic carbocycles. The van der Waals surface area contributed by atoms with Crippen LogP contribution in [0, 0.1) is 0 Å². The molecule has 1 atom stereocenters. The second kappa shape index (κ2) is 9.28. The Kier molecular flexibility index (Phi) is 6.30. The Hall–Kier alpha value is -2.90. The number of rotatable bonds is 7. The van der Waals surface area contributed by atoms with Gasteiger partial charge in [-0.15, -0.1) is 23.1 Å². The number of hydrogen-bond acceptors (Lipinski definition) is 5. The molecule has 0 saturated heterocycles. The number of nitrogens with zero attached hydrogens (tertiary/aromatic N) is 1. The maximum Gasteiger partial charge on any atom is 0.260 e. The van der Waals surface area contributed by atoms with Gasteiger partial charge in [0.2, 0.25) is 5.91 Å². The third-order valence-corrected chi connectivity index (χ3v) is 6.54. The van der Waals surface area contributed by atoms with E-state index in [1.54, 1.807) is 0 Å². The first-order chi connectivity index (χ1) is 14.6. The highest BCUT2D eigenvalue weighted by atomic mass is 32.2. The molecule has 0 bridgehead atoms. The Morgan fingerprint density at radius 2 is 1.83 bits per heavy atom. The number of thiophene rings is 1. The van der Waals surface area contributed by atoms with E-state index < -0.39 is 0 Å². The van der Waals surface area contributed by atoms with Gasteiger partial charge < -0.3 is 10.3 Å². The summed E-state index contributed by atoms with van der Waals surface area (Å²) in [6, 6.07) is 19.6. The molecule has 0 saturated carbocycles. The van der Waals surface area contributed by atoms with Crippen LogP contribution in [0.3, 0.4) is 0 Å². The molecule has 4 rings (SSSR count). The van der Waals surface area contributed by atoms with Crippen LogP contribution in [-0.2, 0) is 10.5 Å². The first-order valence-electron chi connectivity index (χ1n) is 9.59. The lowest BCUT2D eigenvalue weighted by Crippen LogP contribution is -2.28. The molecule has 7 heteroatoms. The molecular weight excluding hydrogens is 414 g/mol. The van der Waals surface area contributed by atoms with Crippen molar-refractivity contribution < 1.29 is 4.79 Å². The van der Waals surface area contributed by atoms with Gasteiger partial charge in [-0.25, -0.2) is 4.98 Å². The van der Waals surface area contributed by atoms with Gasteiger partial charge in [0.05, 0.1) is 22.9 Å². The fourth-order valence-electron chi connectivity index (χ4n) is 3.24. The van der Waals surface area contributed by atoms with Gasteiger partial charge in [0, 0.05) is 10.9 Å². The van der Waals surface area contributed by atoms with Crippen molar-refractivity contribution in [3.8, 4) is 11.1 Å². The molecule has 2 aromatic heterocycles. The van der Waals surface area contributed by atoms with Gasteiger partial charge in [-0.1, -0.05) is 60.7 Å². The van der Waals surface area contributed by atoms with E-state index in [0.29, 0.717) is 22.7 Å². The van der Waals surface area contributed by atoms with Gasteiger partial charge in [0.15, 0.2) is 0 Å². The molecule has 1 amide bonds. The van der Waals surface area contributed by atoms with Crippen molar-refractivity contribution in [3.63, 3.8) is 0 Å². The van der Waals surface area contributed by atoms with Crippen LogP contribution in [0.4, 0.5) is 0 Å². The summed E-state index contributed by atoms with van der Waals surface area (Å²) in [5.41, 5.74) is 2.83. The Bertz CT molecular complexity index is 1200. The number of fused-ring (bicyclic) bond motifs is 1. The SMILES string of the molecule is CC(NC(=O)CSCc1nc2scc(-c3ccccc3)c2c(=O)[nH]1)c1ccccc1. The summed E-state index contributed by atoms with van der Waals surface area (Å²) in [7, 11) is 0. The minimum absolute atomic E-state index is 0.0396. The molecule has 1 unspecified atom stereocenters. The average Bonchev–Trinajstić information content (AvgIpc) is 3.19. The Morgan fingerprint density at radius 3 is 2.57 bits per heavy atom. The lowest BCUT2D eigenvalue weighted by Gasteiger charge is -2.14. The van der Waals surface area contributed by atoms with Crippen LogP contribution in [0.25, 0.3) is 21.3 Å². The van der Waals surface area contributed by atoms with Crippen LogP contribution >= 0.6 is 23.1 Å². The van der Waals surface area contributed by atoms with Crippen LogP contribution in [0.1, 0.15) is 24.4 Å². The normalized spacial score (nSPS) is 12.0. The second-order valence-corrected chi connectivity index (χ2v) is 8.74. The maximum atomic E-state index is 12.7. The van der Waals surface area contributed by atoms with Crippen molar-refractivity contribution in [3.05, 3.63) is 87.8 Å². The molecule has 0 aliphatic carbocycles. The largest absolute Gasteiger partial charge is 0.349 e. The zero-order valence-corrected chi connectivity index (χ0v) is 18.1. The standard InChI is InChI=1S/C23H21N3O2S2/c1-15(16-8-4-2-5-9-16)24-20(27)14-29-13-19-25-22(28)21-18(12-30-23(21)26-19)17-10-6-3-7-11-17/h2-12,15H,13-14H2,1H3,(H,24,27)(H,25,26,28). The van der Waals surface area contributed by atoms with Gasteiger partial charge in [0.1, 0.15) is 10.7 Å². The number of amides is 1. The highest BCUT2D eigenvalue weighted by Gasteiger charge is 2.14. The topological polar surface area (TPSA) is 74.8 Å². The van der Waals surface area contributed by atoms with Crippen molar-refractivity contribution in [2.24, 2.45) is 0 Å². The van der Waals surface area contributed by atoms with Crippen LogP contribution in [0.5, 0.6) is 0 Å². The van der Waals surface area contributed by atoms with E-state index >= 15 is 0 Å². The van der Waals surface area contributed by atoms with Gasteiger partial charge in [0.25, 0.3) is 5.56 Å². The minimum Gasteiger partial charge on any atom is -0.349 e. The van der Waals surface area contributed by atoms with E-state index in [4.69, 9.17) is 0 Å². The summed E-state index contributed by atoms with van der Waals surface area (Å²) in [4.78, 5) is 33.1.